The van der Waals surface area contributed by atoms with Crippen LogP contribution in [0.3, 0.4) is 0 Å². The maximum Gasteiger partial charge on any atom is 0.431 e. The van der Waals surface area contributed by atoms with Gasteiger partial charge in [-0.2, -0.15) is 13.2 Å². The van der Waals surface area contributed by atoms with Gasteiger partial charge in [-0.25, -0.2) is 4.79 Å². The summed E-state index contributed by atoms with van der Waals surface area (Å²) in [5.74, 6) is -0.609. The van der Waals surface area contributed by atoms with Crippen LogP contribution >= 0.6 is 0 Å². The molecule has 1 aromatic carbocycles. The van der Waals surface area contributed by atoms with Crippen LogP contribution in [0, 0.1) is 0 Å². The number of rotatable bonds is 3. The first kappa shape index (κ1) is 21.3. The van der Waals surface area contributed by atoms with E-state index in [1.807, 2.05) is 0 Å². The van der Waals surface area contributed by atoms with Crippen LogP contribution in [0.25, 0.3) is 10.9 Å². The lowest BCUT2D eigenvalue weighted by Gasteiger charge is -2.19. The number of carbonyl (C=O) groups is 2. The predicted molar refractivity (Wildman–Crippen MR) is 97.1 cm³/mol. The quantitative estimate of drug-likeness (QED) is 0.830. The summed E-state index contributed by atoms with van der Waals surface area (Å²) in [6.07, 6.45) is -5.48. The lowest BCUT2D eigenvalue weighted by Crippen LogP contribution is -2.37. The first-order chi connectivity index (χ1) is 12.8. The van der Waals surface area contributed by atoms with E-state index in [1.165, 1.54) is 25.2 Å². The molecule has 0 aliphatic rings. The van der Waals surface area contributed by atoms with Gasteiger partial charge >= 0.3 is 12.3 Å². The van der Waals surface area contributed by atoms with Gasteiger partial charge in [0.25, 0.3) is 0 Å². The Kier molecular flexibility index (Phi) is 5.72. The van der Waals surface area contributed by atoms with E-state index in [-0.39, 0.29) is 16.6 Å². The van der Waals surface area contributed by atoms with Crippen molar-refractivity contribution in [3.63, 3.8) is 0 Å². The summed E-state index contributed by atoms with van der Waals surface area (Å²) in [6, 6.07) is 4.51. The topological polar surface area (TPSA) is 89.4 Å². The summed E-state index contributed by atoms with van der Waals surface area (Å²) >= 11 is 0. The first-order valence-corrected chi connectivity index (χ1v) is 8.25. The molecule has 0 spiro atoms. The van der Waals surface area contributed by atoms with Gasteiger partial charge in [0.2, 0.25) is 5.91 Å². The van der Waals surface area contributed by atoms with E-state index in [4.69, 9.17) is 4.74 Å². The molecule has 0 bridgehead atoms. The van der Waals surface area contributed by atoms with Gasteiger partial charge in [-0.05, 0) is 39.0 Å². The molecule has 0 fully saturated rings. The van der Waals surface area contributed by atoms with Gasteiger partial charge in [-0.1, -0.05) is 0 Å². The molecule has 0 aliphatic heterocycles. The summed E-state index contributed by atoms with van der Waals surface area (Å²) in [7, 11) is 1.18. The first-order valence-electron chi connectivity index (χ1n) is 8.25. The van der Waals surface area contributed by atoms with Gasteiger partial charge in [-0.3, -0.25) is 9.59 Å². The number of benzene rings is 1. The van der Waals surface area contributed by atoms with Crippen molar-refractivity contribution in [3.05, 3.63) is 40.2 Å². The van der Waals surface area contributed by atoms with Crippen molar-refractivity contribution in [2.75, 3.05) is 11.9 Å². The number of hydrogen-bond donors (Lipinski definition) is 2. The molecule has 0 radical (unpaired) electrons. The smallest absolute Gasteiger partial charge is 0.431 e. The number of ether oxygens (including phenoxy) is 1. The zero-order valence-corrected chi connectivity index (χ0v) is 15.7. The summed E-state index contributed by atoms with van der Waals surface area (Å²) in [5, 5.41) is 4.80. The summed E-state index contributed by atoms with van der Waals surface area (Å²) < 4.78 is 45.1. The molecular formula is C18H20F3N3O4. The molecule has 2 N–H and O–H groups in total. The largest absolute Gasteiger partial charge is 0.444 e. The van der Waals surface area contributed by atoms with Crippen molar-refractivity contribution in [1.29, 1.82) is 0 Å². The Bertz CT molecular complexity index is 975. The van der Waals surface area contributed by atoms with Crippen LogP contribution in [0.1, 0.15) is 26.5 Å². The van der Waals surface area contributed by atoms with E-state index in [0.29, 0.717) is 6.07 Å². The minimum Gasteiger partial charge on any atom is -0.444 e. The van der Waals surface area contributed by atoms with Crippen LogP contribution < -0.4 is 16.1 Å². The summed E-state index contributed by atoms with van der Waals surface area (Å²) in [4.78, 5) is 35.5. The van der Waals surface area contributed by atoms with Crippen LogP contribution in [-0.4, -0.2) is 28.7 Å². The fourth-order valence-corrected chi connectivity index (χ4v) is 2.47. The molecule has 28 heavy (non-hydrogen) atoms. The van der Waals surface area contributed by atoms with Crippen molar-refractivity contribution in [2.24, 2.45) is 7.05 Å². The van der Waals surface area contributed by atoms with Crippen LogP contribution in [0.4, 0.5) is 23.7 Å². The van der Waals surface area contributed by atoms with E-state index in [0.717, 1.165) is 4.57 Å². The Labute approximate surface area is 158 Å². The molecule has 0 atom stereocenters. The number of aryl methyl sites for hydroxylation is 1. The molecule has 2 aromatic rings. The minimum absolute atomic E-state index is 0.0118. The van der Waals surface area contributed by atoms with Gasteiger partial charge in [0, 0.05) is 24.2 Å². The Morgan fingerprint density at radius 3 is 2.36 bits per heavy atom. The van der Waals surface area contributed by atoms with Gasteiger partial charge in [-0.15, -0.1) is 0 Å². The number of nitrogens with zero attached hydrogens (tertiary/aromatic N) is 1. The van der Waals surface area contributed by atoms with E-state index in [1.54, 1.807) is 20.8 Å². The molecule has 1 heterocycles. The highest BCUT2D eigenvalue weighted by Gasteiger charge is 2.34. The zero-order valence-electron chi connectivity index (χ0n) is 15.7. The third kappa shape index (κ3) is 5.24. The molecule has 7 nitrogen and oxygen atoms in total. The van der Waals surface area contributed by atoms with E-state index in [9.17, 15) is 27.6 Å². The van der Waals surface area contributed by atoms with E-state index in [2.05, 4.69) is 10.6 Å². The Balaban J connectivity index is 2.20. The molecule has 0 unspecified atom stereocenters. The number of halogens is 3. The van der Waals surface area contributed by atoms with Crippen LogP contribution in [0.15, 0.2) is 29.1 Å². The van der Waals surface area contributed by atoms with Crippen LogP contribution in [0.2, 0.25) is 0 Å². The van der Waals surface area contributed by atoms with Crippen molar-refractivity contribution in [2.45, 2.75) is 32.5 Å². The maximum atomic E-state index is 13.1. The Hall–Kier alpha value is -3.04. The molecule has 0 saturated carbocycles. The Morgan fingerprint density at radius 1 is 1.14 bits per heavy atom. The highest BCUT2D eigenvalue weighted by molar-refractivity contribution is 5.96. The number of carbonyl (C=O) groups excluding carboxylic acids is 2. The average Bonchev–Trinajstić information content (AvgIpc) is 2.53. The molecule has 2 rings (SSSR count). The molecule has 0 saturated heterocycles. The van der Waals surface area contributed by atoms with Crippen molar-refractivity contribution >= 4 is 28.6 Å². The van der Waals surface area contributed by atoms with Crippen molar-refractivity contribution < 1.29 is 27.5 Å². The van der Waals surface area contributed by atoms with Gasteiger partial charge < -0.3 is 19.9 Å². The fraction of sp³-hybridized carbons (Fsp3) is 0.389. The third-order valence-electron chi connectivity index (χ3n) is 3.62. The monoisotopic (exact) mass is 399 g/mol. The lowest BCUT2D eigenvalue weighted by molar-refractivity contribution is -0.143. The number of amides is 2. The number of aromatic nitrogens is 1. The number of alkyl carbamates (subject to hydrolysis) is 1. The van der Waals surface area contributed by atoms with Crippen LogP contribution in [0.5, 0.6) is 0 Å². The normalized spacial score (nSPS) is 12.0. The SMILES string of the molecule is Cn1c(C(F)(F)F)cc(=O)c2ccc(NC(=O)CNC(=O)OC(C)(C)C)cc21. The van der Waals surface area contributed by atoms with Crippen LogP contribution in [-0.2, 0) is 22.8 Å². The number of nitrogens with one attached hydrogen (secondary N) is 2. The second kappa shape index (κ2) is 7.53. The highest BCUT2D eigenvalue weighted by Crippen LogP contribution is 2.30. The Morgan fingerprint density at radius 2 is 1.79 bits per heavy atom. The maximum absolute atomic E-state index is 13.1. The summed E-state index contributed by atoms with van der Waals surface area (Å²) in [5.41, 5.74) is -2.40. The van der Waals surface area contributed by atoms with Crippen molar-refractivity contribution in [3.8, 4) is 0 Å². The molecule has 0 aliphatic carbocycles. The summed E-state index contributed by atoms with van der Waals surface area (Å²) in [6.45, 7) is 4.61. The van der Waals surface area contributed by atoms with Gasteiger partial charge in [0.15, 0.2) is 5.43 Å². The second-order valence-electron chi connectivity index (χ2n) is 7.09. The molecule has 152 valence electrons. The lowest BCUT2D eigenvalue weighted by atomic mass is 10.1. The molecular weight excluding hydrogens is 379 g/mol. The standard InChI is InChI=1S/C18H20F3N3O4/c1-17(2,3)28-16(27)22-9-15(26)23-10-5-6-11-12(7-10)24(4)14(8-13(11)25)18(19,20)21/h5-8H,9H2,1-4H3,(H,22,27)(H,23,26). The number of fused-ring (bicyclic) bond motifs is 1. The fourth-order valence-electron chi connectivity index (χ4n) is 2.47. The van der Waals surface area contributed by atoms with Gasteiger partial charge in [0.05, 0.1) is 5.52 Å². The second-order valence-corrected chi connectivity index (χ2v) is 7.09. The average molecular weight is 399 g/mol. The molecule has 1 aromatic heterocycles. The minimum atomic E-state index is -4.70. The van der Waals surface area contributed by atoms with E-state index >= 15 is 0 Å². The molecule has 10 heteroatoms. The number of alkyl halides is 3. The highest BCUT2D eigenvalue weighted by atomic mass is 19.4. The van der Waals surface area contributed by atoms with Crippen molar-refractivity contribution in [1.82, 2.24) is 9.88 Å². The number of pyridine rings is 1. The number of anilines is 1. The number of hydrogen-bond acceptors (Lipinski definition) is 4. The zero-order chi connectivity index (χ0) is 21.3. The molecule has 2 amide bonds. The van der Waals surface area contributed by atoms with Gasteiger partial charge in [0.1, 0.15) is 17.8 Å². The predicted octanol–water partition coefficient (Wildman–Crippen LogP) is 3.02. The van der Waals surface area contributed by atoms with E-state index < -0.39 is 41.4 Å². The third-order valence-corrected chi connectivity index (χ3v) is 3.62.